The number of nitrogens with zero attached hydrogens (tertiary/aromatic N) is 1. The highest BCUT2D eigenvalue weighted by atomic mass is 19.4. The Bertz CT molecular complexity index is 898. The molecule has 0 fully saturated rings. The van der Waals surface area contributed by atoms with E-state index in [1.54, 1.807) is 30.3 Å². The van der Waals surface area contributed by atoms with Crippen molar-refractivity contribution >= 4 is 17.7 Å². The Morgan fingerprint density at radius 2 is 1.83 bits per heavy atom. The monoisotopic (exact) mass is 402 g/mol. The Morgan fingerprint density at radius 3 is 2.45 bits per heavy atom. The summed E-state index contributed by atoms with van der Waals surface area (Å²) < 4.78 is 44.8. The Balaban J connectivity index is 2.10. The molecule has 0 spiro atoms. The van der Waals surface area contributed by atoms with Crippen molar-refractivity contribution in [1.82, 2.24) is 0 Å². The van der Waals surface area contributed by atoms with Gasteiger partial charge in [-0.1, -0.05) is 44.0 Å². The van der Waals surface area contributed by atoms with Crippen molar-refractivity contribution in [1.29, 1.82) is 5.26 Å². The van der Waals surface area contributed by atoms with Gasteiger partial charge in [0.05, 0.1) is 17.9 Å². The Kier molecular flexibility index (Phi) is 7.84. The van der Waals surface area contributed by atoms with Crippen LogP contribution in [0.5, 0.6) is 5.75 Å². The van der Waals surface area contributed by atoms with Crippen molar-refractivity contribution in [2.75, 3.05) is 11.9 Å². The smallest absolute Gasteiger partial charge is 0.418 e. The molecule has 2 aromatic rings. The van der Waals surface area contributed by atoms with Gasteiger partial charge in [-0.2, -0.15) is 18.4 Å². The van der Waals surface area contributed by atoms with E-state index in [0.29, 0.717) is 17.9 Å². The molecule has 0 saturated heterocycles. The van der Waals surface area contributed by atoms with E-state index < -0.39 is 23.3 Å². The number of nitriles is 1. The van der Waals surface area contributed by atoms with Crippen LogP contribution >= 0.6 is 0 Å². The zero-order chi connectivity index (χ0) is 21.3. The normalized spacial score (nSPS) is 11.6. The van der Waals surface area contributed by atoms with Crippen LogP contribution in [0.1, 0.15) is 37.3 Å². The zero-order valence-corrected chi connectivity index (χ0v) is 15.9. The Hall–Kier alpha value is -3.27. The number of hydrogen-bond acceptors (Lipinski definition) is 3. The van der Waals surface area contributed by atoms with E-state index in [2.05, 4.69) is 12.2 Å². The summed E-state index contributed by atoms with van der Waals surface area (Å²) in [6, 6.07) is 13.1. The highest BCUT2D eigenvalue weighted by Crippen LogP contribution is 2.34. The minimum atomic E-state index is -4.62. The Morgan fingerprint density at radius 1 is 1.14 bits per heavy atom. The highest BCUT2D eigenvalue weighted by molar-refractivity contribution is 6.10. The fraction of sp³-hybridized carbons (Fsp3) is 0.273. The predicted molar refractivity (Wildman–Crippen MR) is 105 cm³/mol. The molecule has 4 nitrogen and oxygen atoms in total. The minimum Gasteiger partial charge on any atom is -0.494 e. The molecule has 0 aromatic heterocycles. The summed E-state index contributed by atoms with van der Waals surface area (Å²) >= 11 is 0. The van der Waals surface area contributed by atoms with E-state index in [9.17, 15) is 23.2 Å². The summed E-state index contributed by atoms with van der Waals surface area (Å²) in [5, 5.41) is 11.4. The first-order chi connectivity index (χ1) is 13.8. The molecule has 2 aromatic carbocycles. The number of para-hydroxylation sites is 1. The molecule has 0 unspecified atom stereocenters. The second-order valence-electron chi connectivity index (χ2n) is 6.29. The van der Waals surface area contributed by atoms with Crippen molar-refractivity contribution in [2.24, 2.45) is 0 Å². The van der Waals surface area contributed by atoms with Crippen LogP contribution in [-0.4, -0.2) is 12.5 Å². The molecule has 7 heteroatoms. The fourth-order valence-electron chi connectivity index (χ4n) is 2.55. The van der Waals surface area contributed by atoms with E-state index in [1.807, 2.05) is 0 Å². The standard InChI is InChI=1S/C22H21F3N2O2/c1-2-3-6-13-29-18-11-9-16(10-12-18)14-17(15-26)21(28)27-20-8-5-4-7-19(20)22(23,24)25/h4-5,7-12,14H,2-3,6,13H2,1H3,(H,27,28)/b17-14+. The number of hydrogen-bond donors (Lipinski definition) is 1. The van der Waals surface area contributed by atoms with Crippen LogP contribution in [0.25, 0.3) is 6.08 Å². The number of halogens is 3. The maximum atomic E-state index is 13.1. The van der Waals surface area contributed by atoms with Crippen LogP contribution in [-0.2, 0) is 11.0 Å². The summed E-state index contributed by atoms with van der Waals surface area (Å²) in [5.74, 6) is -0.246. The van der Waals surface area contributed by atoms with Gasteiger partial charge < -0.3 is 10.1 Å². The third kappa shape index (κ3) is 6.68. The molecular weight excluding hydrogens is 381 g/mol. The third-order valence-electron chi connectivity index (χ3n) is 4.05. The minimum absolute atomic E-state index is 0.307. The van der Waals surface area contributed by atoms with Crippen molar-refractivity contribution < 1.29 is 22.7 Å². The van der Waals surface area contributed by atoms with Gasteiger partial charge in [0, 0.05) is 0 Å². The van der Waals surface area contributed by atoms with Gasteiger partial charge in [-0.05, 0) is 42.3 Å². The van der Waals surface area contributed by atoms with Crippen LogP contribution in [0.4, 0.5) is 18.9 Å². The summed E-state index contributed by atoms with van der Waals surface area (Å²) in [6.07, 6.45) is -0.172. The number of carbonyl (C=O) groups excluding carboxylic acids is 1. The van der Waals surface area contributed by atoms with Crippen LogP contribution in [0.2, 0.25) is 0 Å². The number of carbonyl (C=O) groups is 1. The van der Waals surface area contributed by atoms with Gasteiger partial charge in [0.2, 0.25) is 0 Å². The fourth-order valence-corrected chi connectivity index (χ4v) is 2.55. The molecule has 0 aliphatic carbocycles. The average molecular weight is 402 g/mol. The summed E-state index contributed by atoms with van der Waals surface area (Å²) in [7, 11) is 0. The first kappa shape index (κ1) is 22.0. The summed E-state index contributed by atoms with van der Waals surface area (Å²) in [5.41, 5.74) is -1.13. The number of ether oxygens (including phenoxy) is 1. The lowest BCUT2D eigenvalue weighted by molar-refractivity contribution is -0.137. The van der Waals surface area contributed by atoms with Crippen molar-refractivity contribution in [3.8, 4) is 11.8 Å². The molecule has 29 heavy (non-hydrogen) atoms. The lowest BCUT2D eigenvalue weighted by atomic mass is 10.1. The summed E-state index contributed by atoms with van der Waals surface area (Å²) in [4.78, 5) is 12.3. The molecule has 0 radical (unpaired) electrons. The van der Waals surface area contributed by atoms with Crippen molar-refractivity contribution in [3.63, 3.8) is 0 Å². The topological polar surface area (TPSA) is 62.1 Å². The maximum absolute atomic E-state index is 13.1. The first-order valence-corrected chi connectivity index (χ1v) is 9.17. The number of alkyl halides is 3. The Labute approximate surface area is 167 Å². The number of nitrogens with one attached hydrogen (secondary N) is 1. The predicted octanol–water partition coefficient (Wildman–Crippen LogP) is 5.82. The van der Waals surface area contributed by atoms with Crippen LogP contribution in [0, 0.1) is 11.3 Å². The third-order valence-corrected chi connectivity index (χ3v) is 4.05. The average Bonchev–Trinajstić information content (AvgIpc) is 2.70. The largest absolute Gasteiger partial charge is 0.494 e. The van der Waals surface area contributed by atoms with E-state index in [1.165, 1.54) is 18.2 Å². The quantitative estimate of drug-likeness (QED) is 0.344. The number of anilines is 1. The second-order valence-corrected chi connectivity index (χ2v) is 6.29. The molecule has 1 N–H and O–H groups in total. The highest BCUT2D eigenvalue weighted by Gasteiger charge is 2.33. The molecule has 152 valence electrons. The van der Waals surface area contributed by atoms with Gasteiger partial charge >= 0.3 is 6.18 Å². The molecule has 0 aliphatic heterocycles. The van der Waals surface area contributed by atoms with Gasteiger partial charge in [0.25, 0.3) is 5.91 Å². The van der Waals surface area contributed by atoms with Crippen LogP contribution in [0.15, 0.2) is 54.1 Å². The van der Waals surface area contributed by atoms with E-state index in [-0.39, 0.29) is 5.57 Å². The first-order valence-electron chi connectivity index (χ1n) is 9.17. The molecule has 0 atom stereocenters. The zero-order valence-electron chi connectivity index (χ0n) is 15.9. The molecule has 0 bridgehead atoms. The molecular formula is C22H21F3N2O2. The van der Waals surface area contributed by atoms with Crippen LogP contribution < -0.4 is 10.1 Å². The van der Waals surface area contributed by atoms with Gasteiger partial charge in [-0.25, -0.2) is 0 Å². The van der Waals surface area contributed by atoms with Gasteiger partial charge in [0.1, 0.15) is 17.4 Å². The van der Waals surface area contributed by atoms with Gasteiger partial charge in [-0.15, -0.1) is 0 Å². The SMILES string of the molecule is CCCCCOc1ccc(/C=C(\C#N)C(=O)Nc2ccccc2C(F)(F)F)cc1. The van der Waals surface area contributed by atoms with E-state index >= 15 is 0 Å². The lowest BCUT2D eigenvalue weighted by Crippen LogP contribution is -2.17. The number of unbranched alkanes of at least 4 members (excludes halogenated alkanes) is 2. The van der Waals surface area contributed by atoms with E-state index in [0.717, 1.165) is 31.4 Å². The molecule has 0 saturated carbocycles. The maximum Gasteiger partial charge on any atom is 0.418 e. The van der Waals surface area contributed by atoms with Crippen molar-refractivity contribution in [2.45, 2.75) is 32.4 Å². The number of benzene rings is 2. The number of rotatable bonds is 8. The number of amides is 1. The van der Waals surface area contributed by atoms with E-state index in [4.69, 9.17) is 4.74 Å². The second kappa shape index (κ2) is 10.3. The molecule has 1 amide bonds. The molecule has 0 heterocycles. The summed E-state index contributed by atoms with van der Waals surface area (Å²) in [6.45, 7) is 2.71. The van der Waals surface area contributed by atoms with Gasteiger partial charge in [-0.3, -0.25) is 4.79 Å². The van der Waals surface area contributed by atoms with Gasteiger partial charge in [0.15, 0.2) is 0 Å². The lowest BCUT2D eigenvalue weighted by Gasteiger charge is -2.13. The van der Waals surface area contributed by atoms with Crippen LogP contribution in [0.3, 0.4) is 0 Å². The molecule has 2 rings (SSSR count). The van der Waals surface area contributed by atoms with Crippen molar-refractivity contribution in [3.05, 3.63) is 65.2 Å². The molecule has 0 aliphatic rings.